The van der Waals surface area contributed by atoms with E-state index in [4.69, 9.17) is 4.74 Å². The quantitative estimate of drug-likeness (QED) is 0.847. The summed E-state index contributed by atoms with van der Waals surface area (Å²) in [7, 11) is 0. The number of benzene rings is 1. The highest BCUT2D eigenvalue weighted by molar-refractivity contribution is 5.87. The van der Waals surface area contributed by atoms with Crippen molar-refractivity contribution in [3.8, 4) is 11.5 Å². The third-order valence-electron chi connectivity index (χ3n) is 3.31. The zero-order valence-electron chi connectivity index (χ0n) is 10.9. The van der Waals surface area contributed by atoms with Crippen LogP contribution in [-0.2, 0) is 0 Å². The Kier molecular flexibility index (Phi) is 2.75. The Morgan fingerprint density at radius 1 is 1.26 bits per heavy atom. The van der Waals surface area contributed by atoms with E-state index in [1.54, 1.807) is 6.20 Å². The minimum absolute atomic E-state index is 0.0168. The molecule has 1 aliphatic heterocycles. The number of fused-ring (bicyclic) bond motifs is 1. The summed E-state index contributed by atoms with van der Waals surface area (Å²) >= 11 is 0. The molecular formula is C16H15NO2. The summed E-state index contributed by atoms with van der Waals surface area (Å²) < 4.78 is 5.83. The number of nitrogens with zero attached hydrogens (tertiary/aromatic N) is 1. The highest BCUT2D eigenvalue weighted by Gasteiger charge is 2.22. The van der Waals surface area contributed by atoms with Gasteiger partial charge in [-0.15, -0.1) is 0 Å². The van der Waals surface area contributed by atoms with Crippen LogP contribution in [0, 0.1) is 6.92 Å². The van der Waals surface area contributed by atoms with Crippen molar-refractivity contribution in [1.82, 2.24) is 4.98 Å². The summed E-state index contributed by atoms with van der Waals surface area (Å²) in [6.07, 6.45) is 5.17. The van der Waals surface area contributed by atoms with Gasteiger partial charge in [0.05, 0.1) is 6.20 Å². The van der Waals surface area contributed by atoms with Crippen LogP contribution in [0.5, 0.6) is 11.5 Å². The van der Waals surface area contributed by atoms with E-state index in [1.807, 2.05) is 44.2 Å². The van der Waals surface area contributed by atoms with Crippen LogP contribution in [0.1, 0.15) is 23.6 Å². The van der Waals surface area contributed by atoms with Gasteiger partial charge in [-0.25, -0.2) is 0 Å². The number of pyridine rings is 1. The summed E-state index contributed by atoms with van der Waals surface area (Å²) in [6.45, 7) is 4.04. The summed E-state index contributed by atoms with van der Waals surface area (Å²) in [5, 5.41) is 10.0. The number of rotatable bonds is 1. The highest BCUT2D eigenvalue weighted by atomic mass is 16.5. The first kappa shape index (κ1) is 11.8. The summed E-state index contributed by atoms with van der Waals surface area (Å²) in [4.78, 5) is 3.93. The molecular weight excluding hydrogens is 238 g/mol. The Morgan fingerprint density at radius 3 is 2.89 bits per heavy atom. The molecule has 3 rings (SSSR count). The summed E-state index contributed by atoms with van der Waals surface area (Å²) in [5.74, 6) is 1.05. The average molecular weight is 253 g/mol. The smallest absolute Gasteiger partial charge is 0.141 e. The Labute approximate surface area is 112 Å². The van der Waals surface area contributed by atoms with Gasteiger partial charge in [-0.2, -0.15) is 0 Å². The molecule has 0 amide bonds. The van der Waals surface area contributed by atoms with Crippen molar-refractivity contribution in [2.45, 2.75) is 20.0 Å². The Balaban J connectivity index is 2.24. The number of aromatic hydroxyl groups is 1. The standard InChI is InChI=1S/C16H15NO2/c1-10-4-3-5-15-16(10)13(8-11(2)19-15)12-6-7-17-9-14(12)18/h3-9,11,18H,1-2H3. The highest BCUT2D eigenvalue weighted by Crippen LogP contribution is 2.40. The second-order valence-electron chi connectivity index (χ2n) is 4.74. The Hall–Kier alpha value is -2.29. The lowest BCUT2D eigenvalue weighted by Gasteiger charge is -2.25. The van der Waals surface area contributed by atoms with Crippen LogP contribution in [0.4, 0.5) is 0 Å². The van der Waals surface area contributed by atoms with Crippen LogP contribution in [0.25, 0.3) is 5.57 Å². The number of aryl methyl sites for hydroxylation is 1. The van der Waals surface area contributed by atoms with Gasteiger partial charge in [0.15, 0.2) is 0 Å². The van der Waals surface area contributed by atoms with Crippen molar-refractivity contribution in [2.24, 2.45) is 0 Å². The van der Waals surface area contributed by atoms with Crippen LogP contribution in [0.2, 0.25) is 0 Å². The zero-order valence-corrected chi connectivity index (χ0v) is 10.9. The lowest BCUT2D eigenvalue weighted by Crippen LogP contribution is -2.16. The lowest BCUT2D eigenvalue weighted by atomic mass is 9.91. The van der Waals surface area contributed by atoms with Crippen molar-refractivity contribution in [3.05, 3.63) is 59.4 Å². The van der Waals surface area contributed by atoms with Gasteiger partial charge >= 0.3 is 0 Å². The van der Waals surface area contributed by atoms with Gasteiger partial charge in [0.1, 0.15) is 17.6 Å². The monoisotopic (exact) mass is 253 g/mol. The molecule has 0 spiro atoms. The molecule has 1 N–H and O–H groups in total. The van der Waals surface area contributed by atoms with Crippen molar-refractivity contribution < 1.29 is 9.84 Å². The normalized spacial score (nSPS) is 17.4. The van der Waals surface area contributed by atoms with Crippen molar-refractivity contribution >= 4 is 5.57 Å². The molecule has 1 aromatic carbocycles. The van der Waals surface area contributed by atoms with Gasteiger partial charge in [0.25, 0.3) is 0 Å². The first-order chi connectivity index (χ1) is 9.16. The molecule has 3 heteroatoms. The van der Waals surface area contributed by atoms with Crippen molar-refractivity contribution in [3.63, 3.8) is 0 Å². The summed E-state index contributed by atoms with van der Waals surface area (Å²) in [6, 6.07) is 7.82. The fraction of sp³-hybridized carbons (Fsp3) is 0.188. The summed E-state index contributed by atoms with van der Waals surface area (Å²) in [5.41, 5.74) is 3.97. The molecule has 0 fully saturated rings. The van der Waals surface area contributed by atoms with E-state index < -0.39 is 0 Å². The van der Waals surface area contributed by atoms with E-state index in [0.717, 1.165) is 28.0 Å². The van der Waals surface area contributed by atoms with E-state index in [1.165, 1.54) is 6.20 Å². The number of aromatic nitrogens is 1. The van der Waals surface area contributed by atoms with E-state index in [2.05, 4.69) is 4.98 Å². The molecule has 96 valence electrons. The predicted octanol–water partition coefficient (Wildman–Crippen LogP) is 3.31. The third-order valence-corrected chi connectivity index (χ3v) is 3.31. The predicted molar refractivity (Wildman–Crippen MR) is 74.2 cm³/mol. The van der Waals surface area contributed by atoms with E-state index in [9.17, 15) is 5.11 Å². The van der Waals surface area contributed by atoms with Crippen LogP contribution in [0.3, 0.4) is 0 Å². The Morgan fingerprint density at radius 2 is 2.11 bits per heavy atom. The first-order valence-corrected chi connectivity index (χ1v) is 6.28. The van der Waals surface area contributed by atoms with Crippen LogP contribution in [0.15, 0.2) is 42.7 Å². The fourth-order valence-electron chi connectivity index (χ4n) is 2.47. The maximum Gasteiger partial charge on any atom is 0.141 e. The zero-order chi connectivity index (χ0) is 13.4. The fourth-order valence-corrected chi connectivity index (χ4v) is 2.47. The van der Waals surface area contributed by atoms with E-state index in [0.29, 0.717) is 0 Å². The van der Waals surface area contributed by atoms with Gasteiger partial charge in [-0.1, -0.05) is 12.1 Å². The minimum atomic E-state index is -0.0168. The third kappa shape index (κ3) is 1.97. The number of hydrogen-bond donors (Lipinski definition) is 1. The second-order valence-corrected chi connectivity index (χ2v) is 4.74. The number of ether oxygens (including phenoxy) is 1. The maximum atomic E-state index is 10.0. The molecule has 1 unspecified atom stereocenters. The van der Waals surface area contributed by atoms with Crippen LogP contribution < -0.4 is 4.74 Å². The molecule has 0 radical (unpaired) electrons. The van der Waals surface area contributed by atoms with Crippen LogP contribution in [-0.4, -0.2) is 16.2 Å². The lowest BCUT2D eigenvalue weighted by molar-refractivity contribution is 0.265. The molecule has 19 heavy (non-hydrogen) atoms. The van der Waals surface area contributed by atoms with Gasteiger partial charge in [-0.3, -0.25) is 4.98 Å². The van der Waals surface area contributed by atoms with Gasteiger partial charge in [-0.05, 0) is 43.2 Å². The molecule has 2 heterocycles. The first-order valence-electron chi connectivity index (χ1n) is 6.28. The largest absolute Gasteiger partial charge is 0.506 e. The van der Waals surface area contributed by atoms with Crippen molar-refractivity contribution in [2.75, 3.05) is 0 Å². The van der Waals surface area contributed by atoms with E-state index >= 15 is 0 Å². The molecule has 0 aliphatic carbocycles. The molecule has 0 saturated heterocycles. The maximum absolute atomic E-state index is 10.0. The Bertz CT molecular complexity index is 662. The average Bonchev–Trinajstić information content (AvgIpc) is 2.38. The SMILES string of the molecule is Cc1cccc2c1C(c1ccncc1O)=CC(C)O2. The molecule has 0 saturated carbocycles. The molecule has 0 bridgehead atoms. The molecule has 1 atom stereocenters. The van der Waals surface area contributed by atoms with E-state index in [-0.39, 0.29) is 11.9 Å². The van der Waals surface area contributed by atoms with Gasteiger partial charge in [0, 0.05) is 17.3 Å². The molecule has 2 aromatic rings. The van der Waals surface area contributed by atoms with Crippen molar-refractivity contribution in [1.29, 1.82) is 0 Å². The number of hydrogen-bond acceptors (Lipinski definition) is 3. The molecule has 1 aliphatic rings. The second kappa shape index (κ2) is 4.43. The molecule has 1 aromatic heterocycles. The molecule has 3 nitrogen and oxygen atoms in total. The van der Waals surface area contributed by atoms with Gasteiger partial charge < -0.3 is 9.84 Å². The van der Waals surface area contributed by atoms with Crippen LogP contribution >= 0.6 is 0 Å². The topological polar surface area (TPSA) is 42.4 Å². The minimum Gasteiger partial charge on any atom is -0.506 e. The van der Waals surface area contributed by atoms with Gasteiger partial charge in [0.2, 0.25) is 0 Å².